The van der Waals surface area contributed by atoms with Crippen LogP contribution < -0.4 is 10.1 Å². The van der Waals surface area contributed by atoms with Crippen molar-refractivity contribution in [2.24, 2.45) is 0 Å². The maximum absolute atomic E-state index is 11.7. The Balaban J connectivity index is 2.11. The van der Waals surface area contributed by atoms with Gasteiger partial charge in [0.2, 0.25) is 0 Å². The summed E-state index contributed by atoms with van der Waals surface area (Å²) in [4.78, 5) is 11.7. The van der Waals surface area contributed by atoms with Crippen LogP contribution in [0, 0.1) is 0 Å². The minimum Gasteiger partial charge on any atom is -0.476 e. The van der Waals surface area contributed by atoms with E-state index in [1.807, 2.05) is 18.2 Å². The summed E-state index contributed by atoms with van der Waals surface area (Å²) in [5.41, 5.74) is 1.42. The van der Waals surface area contributed by atoms with Crippen LogP contribution in [0.4, 0.5) is 5.69 Å². The highest BCUT2D eigenvalue weighted by Gasteiger charge is 2.31. The third-order valence-electron chi connectivity index (χ3n) is 2.93. The molecule has 0 spiro atoms. The Kier molecular flexibility index (Phi) is 3.45. The van der Waals surface area contributed by atoms with Crippen LogP contribution in [0.3, 0.4) is 0 Å². The van der Waals surface area contributed by atoms with E-state index in [9.17, 15) is 4.79 Å². The van der Waals surface area contributed by atoms with Gasteiger partial charge in [0.1, 0.15) is 5.75 Å². The summed E-state index contributed by atoms with van der Waals surface area (Å²) >= 11 is 0. The third-order valence-corrected chi connectivity index (χ3v) is 2.93. The van der Waals surface area contributed by atoms with Gasteiger partial charge in [-0.1, -0.05) is 0 Å². The molecule has 0 bridgehead atoms. The lowest BCUT2D eigenvalue weighted by Crippen LogP contribution is -2.39. The summed E-state index contributed by atoms with van der Waals surface area (Å²) in [6, 6.07) is 5.84. The molecular weight excluding hydrogens is 230 g/mol. The van der Waals surface area contributed by atoms with E-state index >= 15 is 0 Å². The molecule has 18 heavy (non-hydrogen) atoms. The summed E-state index contributed by atoms with van der Waals surface area (Å²) in [5, 5.41) is 3.29. The lowest BCUT2D eigenvalue weighted by atomic mass is 10.1. The molecule has 0 amide bonds. The highest BCUT2D eigenvalue weighted by molar-refractivity contribution is 5.79. The first-order valence-electron chi connectivity index (χ1n) is 6.26. The molecule has 0 fully saturated rings. The van der Waals surface area contributed by atoms with Crippen LogP contribution in [0.5, 0.6) is 5.75 Å². The fraction of sp³-hybridized carbons (Fsp3) is 0.500. The van der Waals surface area contributed by atoms with Crippen LogP contribution in [-0.4, -0.2) is 24.7 Å². The molecule has 98 valence electrons. The maximum atomic E-state index is 11.7. The van der Waals surface area contributed by atoms with Crippen molar-refractivity contribution in [3.63, 3.8) is 0 Å². The van der Waals surface area contributed by atoms with Gasteiger partial charge in [-0.2, -0.15) is 0 Å². The Bertz CT molecular complexity index is 454. The fourth-order valence-corrected chi connectivity index (χ4v) is 1.99. The van der Waals surface area contributed by atoms with Crippen molar-refractivity contribution in [2.45, 2.75) is 32.8 Å². The largest absolute Gasteiger partial charge is 0.476 e. The molecule has 0 saturated heterocycles. The molecule has 0 unspecified atom stereocenters. The zero-order valence-corrected chi connectivity index (χ0v) is 11.1. The number of hydrogen-bond acceptors (Lipinski definition) is 4. The minimum atomic E-state index is -0.962. The second-order valence-corrected chi connectivity index (χ2v) is 4.83. The average molecular weight is 249 g/mol. The normalized spacial score (nSPS) is 13.7. The predicted octanol–water partition coefficient (Wildman–Crippen LogP) is 2.38. The van der Waals surface area contributed by atoms with Crippen molar-refractivity contribution in [1.29, 1.82) is 0 Å². The molecule has 1 heterocycles. The Morgan fingerprint density at radius 1 is 1.44 bits per heavy atom. The quantitative estimate of drug-likeness (QED) is 0.832. The molecule has 4 heteroatoms. The van der Waals surface area contributed by atoms with Gasteiger partial charge in [-0.25, -0.2) is 4.79 Å². The van der Waals surface area contributed by atoms with Crippen molar-refractivity contribution >= 4 is 11.7 Å². The SMILES string of the molecule is CCOC(=O)C(C)(C)Oc1ccc2c(c1)CCN2. The molecule has 1 aromatic rings. The van der Waals surface area contributed by atoms with E-state index in [-0.39, 0.29) is 5.97 Å². The van der Waals surface area contributed by atoms with E-state index in [0.29, 0.717) is 12.4 Å². The predicted molar refractivity (Wildman–Crippen MR) is 70.0 cm³/mol. The Morgan fingerprint density at radius 2 is 2.22 bits per heavy atom. The van der Waals surface area contributed by atoms with Gasteiger partial charge >= 0.3 is 5.97 Å². The molecule has 0 radical (unpaired) electrons. The monoisotopic (exact) mass is 249 g/mol. The van der Waals surface area contributed by atoms with Gasteiger partial charge in [-0.3, -0.25) is 0 Å². The molecule has 2 rings (SSSR count). The first kappa shape index (κ1) is 12.7. The van der Waals surface area contributed by atoms with Crippen molar-refractivity contribution in [3.05, 3.63) is 23.8 Å². The van der Waals surface area contributed by atoms with Gasteiger partial charge in [0, 0.05) is 12.2 Å². The lowest BCUT2D eigenvalue weighted by Gasteiger charge is -2.24. The summed E-state index contributed by atoms with van der Waals surface area (Å²) < 4.78 is 10.7. The summed E-state index contributed by atoms with van der Waals surface area (Å²) in [5.74, 6) is 0.360. The topological polar surface area (TPSA) is 47.6 Å². The minimum absolute atomic E-state index is 0.344. The van der Waals surface area contributed by atoms with Gasteiger partial charge in [0.15, 0.2) is 5.60 Å². The van der Waals surface area contributed by atoms with Crippen LogP contribution in [0.1, 0.15) is 26.3 Å². The molecule has 1 aromatic carbocycles. The standard InChI is InChI=1S/C14H19NO3/c1-4-17-13(16)14(2,3)18-11-5-6-12-10(9-11)7-8-15-12/h5-6,9,15H,4,7-8H2,1-3H3. The number of ether oxygens (including phenoxy) is 2. The highest BCUT2D eigenvalue weighted by atomic mass is 16.6. The van der Waals surface area contributed by atoms with Crippen LogP contribution in [0.2, 0.25) is 0 Å². The second-order valence-electron chi connectivity index (χ2n) is 4.83. The van der Waals surface area contributed by atoms with Crippen LogP contribution in [0.25, 0.3) is 0 Å². The smallest absolute Gasteiger partial charge is 0.349 e. The Labute approximate surface area is 107 Å². The molecule has 4 nitrogen and oxygen atoms in total. The number of rotatable bonds is 4. The number of nitrogens with one attached hydrogen (secondary N) is 1. The van der Waals surface area contributed by atoms with Crippen molar-refractivity contribution in [3.8, 4) is 5.75 Å². The number of anilines is 1. The van der Waals surface area contributed by atoms with E-state index in [2.05, 4.69) is 5.32 Å². The summed E-state index contributed by atoms with van der Waals surface area (Å²) in [7, 11) is 0. The number of hydrogen-bond donors (Lipinski definition) is 1. The maximum Gasteiger partial charge on any atom is 0.349 e. The van der Waals surface area contributed by atoms with Crippen LogP contribution in [0.15, 0.2) is 18.2 Å². The first-order chi connectivity index (χ1) is 8.53. The Hall–Kier alpha value is -1.71. The van der Waals surface area contributed by atoms with Crippen molar-refractivity contribution in [2.75, 3.05) is 18.5 Å². The molecule has 1 N–H and O–H groups in total. The van der Waals surface area contributed by atoms with E-state index in [0.717, 1.165) is 18.7 Å². The third kappa shape index (κ3) is 2.58. The first-order valence-corrected chi connectivity index (χ1v) is 6.26. The molecule has 0 saturated carbocycles. The number of fused-ring (bicyclic) bond motifs is 1. The van der Waals surface area contributed by atoms with Crippen molar-refractivity contribution in [1.82, 2.24) is 0 Å². The molecule has 1 aliphatic rings. The van der Waals surface area contributed by atoms with E-state index in [1.165, 1.54) is 5.56 Å². The zero-order chi connectivity index (χ0) is 13.2. The summed E-state index contributed by atoms with van der Waals surface area (Å²) in [6.45, 7) is 6.54. The molecular formula is C14H19NO3. The van der Waals surface area contributed by atoms with Gasteiger partial charge in [-0.05, 0) is 51.0 Å². The van der Waals surface area contributed by atoms with Gasteiger partial charge in [0.25, 0.3) is 0 Å². The molecule has 0 atom stereocenters. The number of esters is 1. The fourth-order valence-electron chi connectivity index (χ4n) is 1.99. The Morgan fingerprint density at radius 3 is 2.94 bits per heavy atom. The zero-order valence-electron chi connectivity index (χ0n) is 11.1. The van der Waals surface area contributed by atoms with Gasteiger partial charge in [0.05, 0.1) is 6.61 Å². The van der Waals surface area contributed by atoms with E-state index < -0.39 is 5.60 Å². The highest BCUT2D eigenvalue weighted by Crippen LogP contribution is 2.28. The summed E-state index contributed by atoms with van der Waals surface area (Å²) in [6.07, 6.45) is 0.992. The average Bonchev–Trinajstić information content (AvgIpc) is 2.76. The second kappa shape index (κ2) is 4.88. The number of benzene rings is 1. The van der Waals surface area contributed by atoms with E-state index in [1.54, 1.807) is 20.8 Å². The van der Waals surface area contributed by atoms with Gasteiger partial charge in [-0.15, -0.1) is 0 Å². The molecule has 0 aromatic heterocycles. The number of carbonyl (C=O) groups excluding carboxylic acids is 1. The van der Waals surface area contributed by atoms with Crippen molar-refractivity contribution < 1.29 is 14.3 Å². The molecule has 0 aliphatic carbocycles. The number of carbonyl (C=O) groups is 1. The van der Waals surface area contributed by atoms with Gasteiger partial charge < -0.3 is 14.8 Å². The lowest BCUT2D eigenvalue weighted by molar-refractivity contribution is -0.158. The van der Waals surface area contributed by atoms with Crippen LogP contribution >= 0.6 is 0 Å². The van der Waals surface area contributed by atoms with Crippen LogP contribution in [-0.2, 0) is 16.0 Å². The molecule has 1 aliphatic heterocycles. The van der Waals surface area contributed by atoms with E-state index in [4.69, 9.17) is 9.47 Å².